The summed E-state index contributed by atoms with van der Waals surface area (Å²) in [4.78, 5) is 2.59. The van der Waals surface area contributed by atoms with Crippen molar-refractivity contribution in [1.29, 1.82) is 0 Å². The minimum absolute atomic E-state index is 0.860. The number of rotatable bonds is 3. The maximum atomic E-state index is 3.32. The molecule has 2 atom stereocenters. The van der Waals surface area contributed by atoms with Crippen molar-refractivity contribution in [3.05, 3.63) is 0 Å². The van der Waals surface area contributed by atoms with Crippen molar-refractivity contribution in [2.24, 2.45) is 11.8 Å². The molecule has 0 amide bonds. The van der Waals surface area contributed by atoms with E-state index >= 15 is 0 Å². The molecule has 0 radical (unpaired) electrons. The van der Waals surface area contributed by atoms with Crippen LogP contribution in [0.2, 0.25) is 25.7 Å². The van der Waals surface area contributed by atoms with E-state index in [4.69, 9.17) is 0 Å². The van der Waals surface area contributed by atoms with Gasteiger partial charge in [-0.3, -0.25) is 0 Å². The zero-order valence-electron chi connectivity index (χ0n) is 10.8. The summed E-state index contributed by atoms with van der Waals surface area (Å²) in [6, 6.07) is 1.31. The summed E-state index contributed by atoms with van der Waals surface area (Å²) in [6.45, 7) is 14.6. The van der Waals surface area contributed by atoms with Crippen LogP contribution in [0.4, 0.5) is 0 Å². The second-order valence-corrected chi connectivity index (χ2v) is 12.9. The fourth-order valence-corrected chi connectivity index (χ4v) is 6.60. The Kier molecular flexibility index (Phi) is 4.63. The van der Waals surface area contributed by atoms with Gasteiger partial charge in [0.15, 0.2) is 0 Å². The number of hydrogen-bond donors (Lipinski definition) is 0. The van der Waals surface area contributed by atoms with Gasteiger partial charge in [0.25, 0.3) is 0 Å². The molecule has 2 unspecified atom stereocenters. The Morgan fingerprint density at radius 3 is 2.07 bits per heavy atom. The molecule has 0 aromatic rings. The summed E-state index contributed by atoms with van der Waals surface area (Å²) < 4.78 is 1.52. The third-order valence-corrected chi connectivity index (χ3v) is 5.72. The molecular weight excluding hydrogens is 265 g/mol. The molecule has 3 heteroatoms. The first-order valence-electron chi connectivity index (χ1n) is 6.05. The van der Waals surface area contributed by atoms with Crippen molar-refractivity contribution >= 4 is 28.2 Å². The fraction of sp³-hybridized carbons (Fsp3) is 0.917. The molecule has 1 aliphatic rings. The Balaban J connectivity index is 2.52. The first kappa shape index (κ1) is 13.5. The van der Waals surface area contributed by atoms with Crippen molar-refractivity contribution in [1.82, 2.24) is 4.90 Å². The van der Waals surface area contributed by atoms with Crippen LogP contribution in [-0.2, 0) is 0 Å². The molecule has 0 aliphatic carbocycles. The standard InChI is InChI=1S/C12H25NSeSi/c1-10-6-11(2)8-13(7-10)12(14)9-15(3,4)5/h10-11H,6-9H2,1-5H3. The average Bonchev–Trinajstić information content (AvgIpc) is 1.98. The first-order chi connectivity index (χ1) is 6.78. The van der Waals surface area contributed by atoms with Gasteiger partial charge in [-0.05, 0) is 0 Å². The van der Waals surface area contributed by atoms with E-state index in [1.54, 1.807) is 0 Å². The predicted octanol–water partition coefficient (Wildman–Crippen LogP) is 2.60. The summed E-state index contributed by atoms with van der Waals surface area (Å²) in [5.41, 5.74) is 0. The van der Waals surface area contributed by atoms with Gasteiger partial charge in [0.1, 0.15) is 0 Å². The van der Waals surface area contributed by atoms with Gasteiger partial charge in [-0.2, -0.15) is 0 Å². The van der Waals surface area contributed by atoms with Crippen molar-refractivity contribution < 1.29 is 0 Å². The van der Waals surface area contributed by atoms with Crippen LogP contribution in [0.15, 0.2) is 0 Å². The van der Waals surface area contributed by atoms with Gasteiger partial charge >= 0.3 is 104 Å². The molecule has 0 aromatic carbocycles. The molecule has 1 heterocycles. The van der Waals surface area contributed by atoms with Crippen LogP contribution in [0.1, 0.15) is 20.3 Å². The van der Waals surface area contributed by atoms with E-state index in [1.165, 1.54) is 30.1 Å². The molecule has 15 heavy (non-hydrogen) atoms. The molecule has 1 nitrogen and oxygen atoms in total. The summed E-state index contributed by atoms with van der Waals surface area (Å²) >= 11 is 3.32. The minimum atomic E-state index is -0.958. The van der Waals surface area contributed by atoms with Crippen molar-refractivity contribution in [3.63, 3.8) is 0 Å². The third-order valence-electron chi connectivity index (χ3n) is 2.90. The van der Waals surface area contributed by atoms with E-state index in [-0.39, 0.29) is 0 Å². The van der Waals surface area contributed by atoms with Crippen molar-refractivity contribution in [2.75, 3.05) is 13.1 Å². The van der Waals surface area contributed by atoms with E-state index < -0.39 is 8.07 Å². The van der Waals surface area contributed by atoms with Gasteiger partial charge in [-0.15, -0.1) is 0 Å². The van der Waals surface area contributed by atoms with E-state index in [0.29, 0.717) is 0 Å². The normalized spacial score (nSPS) is 27.9. The van der Waals surface area contributed by atoms with E-state index in [9.17, 15) is 0 Å². The molecule has 1 aliphatic heterocycles. The van der Waals surface area contributed by atoms with E-state index in [0.717, 1.165) is 11.8 Å². The average molecular weight is 290 g/mol. The molecule has 0 bridgehead atoms. The maximum absolute atomic E-state index is 3.32. The van der Waals surface area contributed by atoms with Gasteiger partial charge in [-0.25, -0.2) is 0 Å². The number of hydrogen-bond acceptors (Lipinski definition) is 1. The zero-order valence-corrected chi connectivity index (χ0v) is 13.6. The number of piperidine rings is 1. The van der Waals surface area contributed by atoms with E-state index in [1.807, 2.05) is 0 Å². The van der Waals surface area contributed by atoms with Crippen molar-refractivity contribution in [2.45, 2.75) is 46.0 Å². The molecule has 0 aromatic heterocycles. The Morgan fingerprint density at radius 1 is 1.20 bits per heavy atom. The Morgan fingerprint density at radius 2 is 1.67 bits per heavy atom. The van der Waals surface area contributed by atoms with E-state index in [2.05, 4.69) is 54.0 Å². The quantitative estimate of drug-likeness (QED) is 0.722. The fourth-order valence-electron chi connectivity index (χ4n) is 2.43. The van der Waals surface area contributed by atoms with Gasteiger partial charge in [0.05, 0.1) is 0 Å². The summed E-state index contributed by atoms with van der Waals surface area (Å²) in [6.07, 6.45) is 1.40. The van der Waals surface area contributed by atoms with Gasteiger partial charge in [0.2, 0.25) is 0 Å². The Bertz CT molecular complexity index is 224. The van der Waals surface area contributed by atoms with Gasteiger partial charge in [-0.1, -0.05) is 0 Å². The van der Waals surface area contributed by atoms with Crippen LogP contribution in [0.3, 0.4) is 0 Å². The van der Waals surface area contributed by atoms with Crippen LogP contribution in [0.25, 0.3) is 0 Å². The van der Waals surface area contributed by atoms with Crippen LogP contribution < -0.4 is 0 Å². The SMILES string of the molecule is CC1CC(C)CN(C(=[Se])C[Si](C)(C)C)C1. The molecular formula is C12H25NSeSi. The Hall–Kier alpha value is 0.406. The number of likely N-dealkylation sites (tertiary alicyclic amines) is 1. The summed E-state index contributed by atoms with van der Waals surface area (Å²) in [5, 5.41) is 0. The molecule has 1 rings (SSSR count). The second kappa shape index (κ2) is 5.16. The molecule has 1 fully saturated rings. The Labute approximate surface area is 104 Å². The molecule has 0 N–H and O–H groups in total. The second-order valence-electron chi connectivity index (χ2n) is 6.48. The van der Waals surface area contributed by atoms with Crippen LogP contribution >= 0.6 is 0 Å². The monoisotopic (exact) mass is 291 g/mol. The molecule has 0 spiro atoms. The molecule has 1 saturated heterocycles. The van der Waals surface area contributed by atoms with Crippen LogP contribution in [-0.4, -0.2) is 46.2 Å². The van der Waals surface area contributed by atoms with Gasteiger partial charge < -0.3 is 0 Å². The zero-order chi connectivity index (χ0) is 11.6. The summed E-state index contributed by atoms with van der Waals surface area (Å²) in [7, 11) is -0.958. The van der Waals surface area contributed by atoms with Crippen molar-refractivity contribution in [3.8, 4) is 0 Å². The predicted molar refractivity (Wildman–Crippen MR) is 73.4 cm³/mol. The third kappa shape index (κ3) is 4.84. The first-order valence-corrected chi connectivity index (χ1v) is 10.6. The molecule has 88 valence electrons. The number of nitrogens with zero attached hydrogens (tertiary/aromatic N) is 1. The van der Waals surface area contributed by atoms with Crippen LogP contribution in [0, 0.1) is 11.8 Å². The molecule has 0 saturated carbocycles. The summed E-state index contributed by atoms with van der Waals surface area (Å²) in [5.74, 6) is 1.72. The van der Waals surface area contributed by atoms with Crippen LogP contribution in [0.5, 0.6) is 0 Å². The topological polar surface area (TPSA) is 3.24 Å². The van der Waals surface area contributed by atoms with Gasteiger partial charge in [0, 0.05) is 0 Å².